The van der Waals surface area contributed by atoms with Gasteiger partial charge in [-0.15, -0.1) is 0 Å². The van der Waals surface area contributed by atoms with E-state index in [1.807, 2.05) is 0 Å². The van der Waals surface area contributed by atoms with Crippen LogP contribution in [0.15, 0.2) is 30.5 Å². The van der Waals surface area contributed by atoms with Crippen LogP contribution in [0.2, 0.25) is 0 Å². The molecule has 0 radical (unpaired) electrons. The Morgan fingerprint density at radius 2 is 1.61 bits per heavy atom. The van der Waals surface area contributed by atoms with Crippen molar-refractivity contribution in [3.05, 3.63) is 41.6 Å². The molecule has 18 heavy (non-hydrogen) atoms. The molecule has 0 aliphatic heterocycles. The highest BCUT2D eigenvalue weighted by atomic mass is 16.3. The fourth-order valence-corrected chi connectivity index (χ4v) is 1.49. The predicted octanol–water partition coefficient (Wildman–Crippen LogP) is 1.14. The quantitative estimate of drug-likeness (QED) is 0.592. The number of nitrogens with zero attached hydrogens (tertiary/aromatic N) is 1. The number of carbonyl (C=O) groups excluding carboxylic acids is 1. The van der Waals surface area contributed by atoms with Gasteiger partial charge < -0.3 is 20.4 Å². The highest BCUT2D eigenvalue weighted by molar-refractivity contribution is 6.12. The van der Waals surface area contributed by atoms with Crippen molar-refractivity contribution in [1.82, 2.24) is 4.98 Å². The largest absolute Gasteiger partial charge is 0.508 e. The van der Waals surface area contributed by atoms with E-state index in [2.05, 4.69) is 4.98 Å². The van der Waals surface area contributed by atoms with E-state index in [0.717, 1.165) is 18.3 Å². The second kappa shape index (κ2) is 4.25. The third kappa shape index (κ3) is 2.03. The Hall–Kier alpha value is -2.76. The molecule has 0 aliphatic carbocycles. The van der Waals surface area contributed by atoms with Crippen LogP contribution < -0.4 is 0 Å². The van der Waals surface area contributed by atoms with Crippen molar-refractivity contribution >= 4 is 5.78 Å². The van der Waals surface area contributed by atoms with Gasteiger partial charge in [-0.3, -0.25) is 4.79 Å². The molecule has 0 atom stereocenters. The van der Waals surface area contributed by atoms with E-state index in [1.165, 1.54) is 12.1 Å². The Morgan fingerprint density at radius 3 is 2.11 bits per heavy atom. The summed E-state index contributed by atoms with van der Waals surface area (Å²) in [7, 11) is 0. The molecule has 2 rings (SSSR count). The fourth-order valence-electron chi connectivity index (χ4n) is 1.49. The molecule has 1 heterocycles. The normalized spacial score (nSPS) is 10.2. The summed E-state index contributed by atoms with van der Waals surface area (Å²) in [6.45, 7) is 0. The maximum absolute atomic E-state index is 12.0. The molecule has 0 amide bonds. The number of hydrogen-bond acceptors (Lipinski definition) is 6. The maximum Gasteiger partial charge on any atom is 0.210 e. The Kier molecular flexibility index (Phi) is 2.77. The molecule has 0 bridgehead atoms. The van der Waals surface area contributed by atoms with Crippen LogP contribution in [0.4, 0.5) is 0 Å². The van der Waals surface area contributed by atoms with Gasteiger partial charge in [0.05, 0.1) is 0 Å². The van der Waals surface area contributed by atoms with Gasteiger partial charge in [-0.1, -0.05) is 0 Å². The Balaban J connectivity index is 2.49. The SMILES string of the molecule is O=C(c1ccc(O)nc1)c1c(O)cc(O)cc1O. The molecule has 0 saturated carbocycles. The standard InChI is InChI=1S/C12H9NO5/c14-7-3-8(15)11(9(16)4-7)12(18)6-1-2-10(17)13-5-6/h1-5,14-16H,(H,13,17). The monoisotopic (exact) mass is 247 g/mol. The van der Waals surface area contributed by atoms with Gasteiger partial charge in [0.25, 0.3) is 0 Å². The summed E-state index contributed by atoms with van der Waals surface area (Å²) in [6.07, 6.45) is 1.11. The number of phenols is 3. The molecule has 2 aromatic rings. The molecule has 92 valence electrons. The van der Waals surface area contributed by atoms with Gasteiger partial charge in [0.2, 0.25) is 11.7 Å². The molecule has 0 spiro atoms. The van der Waals surface area contributed by atoms with Crippen molar-refractivity contribution in [1.29, 1.82) is 0 Å². The van der Waals surface area contributed by atoms with Crippen molar-refractivity contribution in [2.24, 2.45) is 0 Å². The third-order valence-corrected chi connectivity index (χ3v) is 2.32. The van der Waals surface area contributed by atoms with E-state index >= 15 is 0 Å². The van der Waals surface area contributed by atoms with Crippen molar-refractivity contribution in [3.63, 3.8) is 0 Å². The van der Waals surface area contributed by atoms with E-state index in [0.29, 0.717) is 0 Å². The van der Waals surface area contributed by atoms with Crippen LogP contribution in [-0.2, 0) is 0 Å². The van der Waals surface area contributed by atoms with Gasteiger partial charge in [0.15, 0.2) is 0 Å². The lowest BCUT2D eigenvalue weighted by Gasteiger charge is -2.07. The average Bonchev–Trinajstić information content (AvgIpc) is 2.28. The first-order valence-electron chi connectivity index (χ1n) is 4.93. The third-order valence-electron chi connectivity index (χ3n) is 2.32. The first-order valence-corrected chi connectivity index (χ1v) is 4.93. The lowest BCUT2D eigenvalue weighted by Crippen LogP contribution is -2.02. The predicted molar refractivity (Wildman–Crippen MR) is 60.8 cm³/mol. The second-order valence-electron chi connectivity index (χ2n) is 3.59. The van der Waals surface area contributed by atoms with Crippen LogP contribution in [0.5, 0.6) is 23.1 Å². The van der Waals surface area contributed by atoms with Crippen LogP contribution in [0.1, 0.15) is 15.9 Å². The van der Waals surface area contributed by atoms with Crippen molar-refractivity contribution < 1.29 is 25.2 Å². The summed E-state index contributed by atoms with van der Waals surface area (Å²) in [5.41, 5.74) is -0.246. The Bertz CT molecular complexity index is 583. The van der Waals surface area contributed by atoms with Crippen LogP contribution in [0.3, 0.4) is 0 Å². The van der Waals surface area contributed by atoms with Gasteiger partial charge in [0, 0.05) is 30.0 Å². The van der Waals surface area contributed by atoms with Crippen molar-refractivity contribution in [3.8, 4) is 23.1 Å². The lowest BCUT2D eigenvalue weighted by molar-refractivity contribution is 0.103. The van der Waals surface area contributed by atoms with E-state index in [1.54, 1.807) is 0 Å². The molecule has 0 saturated heterocycles. The fraction of sp³-hybridized carbons (Fsp3) is 0. The highest BCUT2D eigenvalue weighted by Crippen LogP contribution is 2.33. The smallest absolute Gasteiger partial charge is 0.210 e. The number of phenolic OH excluding ortho intramolecular Hbond substituents is 3. The number of pyridine rings is 1. The average molecular weight is 247 g/mol. The van der Waals surface area contributed by atoms with Crippen LogP contribution in [0, 0.1) is 0 Å². The number of benzene rings is 1. The zero-order chi connectivity index (χ0) is 13.3. The Labute approximate surface area is 101 Å². The van der Waals surface area contributed by atoms with Crippen molar-refractivity contribution in [2.75, 3.05) is 0 Å². The summed E-state index contributed by atoms with van der Waals surface area (Å²) in [5.74, 6) is -2.34. The van der Waals surface area contributed by atoms with E-state index in [4.69, 9.17) is 10.2 Å². The van der Waals surface area contributed by atoms with Gasteiger partial charge in [0.1, 0.15) is 22.8 Å². The second-order valence-corrected chi connectivity index (χ2v) is 3.59. The molecule has 0 unspecified atom stereocenters. The van der Waals surface area contributed by atoms with Crippen molar-refractivity contribution in [2.45, 2.75) is 0 Å². The lowest BCUT2D eigenvalue weighted by atomic mass is 10.0. The van der Waals surface area contributed by atoms with E-state index in [9.17, 15) is 15.0 Å². The number of ketones is 1. The molecular weight excluding hydrogens is 238 g/mol. The first-order chi connectivity index (χ1) is 8.49. The van der Waals surface area contributed by atoms with E-state index in [-0.39, 0.29) is 22.8 Å². The van der Waals surface area contributed by atoms with Gasteiger partial charge >= 0.3 is 0 Å². The Morgan fingerprint density at radius 1 is 1.00 bits per heavy atom. The highest BCUT2D eigenvalue weighted by Gasteiger charge is 2.19. The topological polar surface area (TPSA) is 111 Å². The number of rotatable bonds is 2. The number of aromatic hydroxyl groups is 4. The van der Waals surface area contributed by atoms with Crippen LogP contribution in [-0.4, -0.2) is 31.2 Å². The molecule has 6 heteroatoms. The van der Waals surface area contributed by atoms with Gasteiger partial charge in [-0.05, 0) is 6.07 Å². The summed E-state index contributed by atoms with van der Waals surface area (Å²) in [6, 6.07) is 4.40. The molecule has 1 aromatic carbocycles. The summed E-state index contributed by atoms with van der Waals surface area (Å²) >= 11 is 0. The summed E-state index contributed by atoms with van der Waals surface area (Å²) < 4.78 is 0. The minimum Gasteiger partial charge on any atom is -0.508 e. The van der Waals surface area contributed by atoms with E-state index < -0.39 is 17.3 Å². The first kappa shape index (κ1) is 11.7. The molecule has 6 nitrogen and oxygen atoms in total. The molecule has 4 N–H and O–H groups in total. The number of aromatic nitrogens is 1. The molecular formula is C12H9NO5. The van der Waals surface area contributed by atoms with Crippen LogP contribution in [0.25, 0.3) is 0 Å². The van der Waals surface area contributed by atoms with Crippen LogP contribution >= 0.6 is 0 Å². The number of carbonyl (C=O) groups is 1. The maximum atomic E-state index is 12.0. The zero-order valence-electron chi connectivity index (χ0n) is 9.03. The van der Waals surface area contributed by atoms with Gasteiger partial charge in [-0.25, -0.2) is 4.98 Å². The molecule has 0 fully saturated rings. The van der Waals surface area contributed by atoms with Gasteiger partial charge in [-0.2, -0.15) is 0 Å². The zero-order valence-corrected chi connectivity index (χ0v) is 9.03. The minimum absolute atomic E-state index is 0.0871. The molecule has 1 aromatic heterocycles. The number of hydrogen-bond donors (Lipinski definition) is 4. The summed E-state index contributed by atoms with van der Waals surface area (Å²) in [5, 5.41) is 37.2. The molecule has 0 aliphatic rings. The minimum atomic E-state index is -0.669. The summed E-state index contributed by atoms with van der Waals surface area (Å²) in [4.78, 5) is 15.5.